The van der Waals surface area contributed by atoms with Gasteiger partial charge < -0.3 is 9.80 Å². The molecule has 1 aliphatic rings. The highest BCUT2D eigenvalue weighted by Gasteiger charge is 2.30. The highest BCUT2D eigenvalue weighted by atomic mass is 15.5. The molecular formula is C38H39N5. The van der Waals surface area contributed by atoms with Crippen molar-refractivity contribution in [1.29, 1.82) is 0 Å². The molecule has 1 atom stereocenters. The van der Waals surface area contributed by atoms with E-state index in [-0.39, 0.29) is 6.04 Å². The summed E-state index contributed by atoms with van der Waals surface area (Å²) in [6, 6.07) is 45.4. The van der Waals surface area contributed by atoms with E-state index in [4.69, 9.17) is 5.10 Å². The molecule has 0 spiro atoms. The van der Waals surface area contributed by atoms with Gasteiger partial charge in [0.15, 0.2) is 0 Å². The molecule has 0 aliphatic carbocycles. The number of anilines is 3. The van der Waals surface area contributed by atoms with Crippen LogP contribution in [0, 0.1) is 0 Å². The maximum atomic E-state index is 5.13. The number of nitrogens with zero attached hydrogens (tertiary/aromatic N) is 5. The molecule has 0 N–H and O–H groups in total. The van der Waals surface area contributed by atoms with Gasteiger partial charge in [0.2, 0.25) is 0 Å². The van der Waals surface area contributed by atoms with Crippen LogP contribution in [-0.4, -0.2) is 23.8 Å². The molecule has 1 aliphatic heterocycles. The van der Waals surface area contributed by atoms with E-state index in [1.165, 1.54) is 28.1 Å². The zero-order valence-electron chi connectivity index (χ0n) is 25.1. The molecule has 0 saturated carbocycles. The Bertz CT molecular complexity index is 1560. The number of hydrogen-bond donors (Lipinski definition) is 0. The van der Waals surface area contributed by atoms with Crippen LogP contribution in [0.1, 0.15) is 48.6 Å². The molecular weight excluding hydrogens is 526 g/mol. The zero-order chi connectivity index (χ0) is 29.4. The van der Waals surface area contributed by atoms with E-state index < -0.39 is 0 Å². The largest absolute Gasteiger partial charge is 0.372 e. The van der Waals surface area contributed by atoms with Crippen LogP contribution < -0.4 is 14.8 Å². The Hall–Kier alpha value is -4.90. The Labute approximate surface area is 255 Å². The van der Waals surface area contributed by atoms with Crippen LogP contribution >= 0.6 is 0 Å². The van der Waals surface area contributed by atoms with Crippen molar-refractivity contribution in [2.45, 2.75) is 39.4 Å². The van der Waals surface area contributed by atoms with Crippen LogP contribution in [0.5, 0.6) is 0 Å². The van der Waals surface area contributed by atoms with Gasteiger partial charge in [-0.05, 0) is 72.5 Å². The number of pyridine rings is 1. The summed E-state index contributed by atoms with van der Waals surface area (Å²) in [6.07, 6.45) is 2.66. The molecule has 1 aromatic heterocycles. The molecule has 0 amide bonds. The molecule has 0 saturated heterocycles. The number of hydrogen-bond acceptors (Lipinski definition) is 5. The molecule has 0 bridgehead atoms. The van der Waals surface area contributed by atoms with Crippen molar-refractivity contribution in [3.63, 3.8) is 0 Å². The first-order valence-corrected chi connectivity index (χ1v) is 15.3. The average Bonchev–Trinajstić information content (AvgIpc) is 3.53. The first-order valence-electron chi connectivity index (χ1n) is 15.3. The Morgan fingerprint density at radius 1 is 0.628 bits per heavy atom. The number of benzene rings is 4. The van der Waals surface area contributed by atoms with Crippen LogP contribution in [0.3, 0.4) is 0 Å². The SMILES string of the molecule is CCN(CC)c1ccc(C2=NN(c3ccccn3)C(c3ccc(N(Cc4ccccc4)Cc4ccccc4)cc3)C2)cc1. The molecule has 1 unspecified atom stereocenters. The van der Waals surface area contributed by atoms with E-state index in [1.807, 2.05) is 24.4 Å². The van der Waals surface area contributed by atoms with Crippen molar-refractivity contribution in [2.75, 3.05) is 27.9 Å². The van der Waals surface area contributed by atoms with E-state index in [0.717, 1.165) is 49.7 Å². The molecule has 0 radical (unpaired) electrons. The summed E-state index contributed by atoms with van der Waals surface area (Å²) in [4.78, 5) is 9.48. The molecule has 2 heterocycles. The van der Waals surface area contributed by atoms with Crippen molar-refractivity contribution >= 4 is 22.9 Å². The molecule has 5 nitrogen and oxygen atoms in total. The number of aromatic nitrogens is 1. The van der Waals surface area contributed by atoms with Crippen molar-refractivity contribution < 1.29 is 0 Å². The predicted octanol–water partition coefficient (Wildman–Crippen LogP) is 8.49. The summed E-state index contributed by atoms with van der Waals surface area (Å²) in [5, 5.41) is 7.23. The third-order valence-corrected chi connectivity index (χ3v) is 8.20. The summed E-state index contributed by atoms with van der Waals surface area (Å²) < 4.78 is 0. The van der Waals surface area contributed by atoms with Crippen LogP contribution in [0.2, 0.25) is 0 Å². The fourth-order valence-corrected chi connectivity index (χ4v) is 5.85. The molecule has 0 fully saturated rings. The van der Waals surface area contributed by atoms with E-state index >= 15 is 0 Å². The first-order chi connectivity index (χ1) is 21.2. The lowest BCUT2D eigenvalue weighted by atomic mass is 9.97. The molecule has 216 valence electrons. The second-order valence-electron chi connectivity index (χ2n) is 10.9. The minimum absolute atomic E-state index is 0.0677. The quantitative estimate of drug-likeness (QED) is 0.161. The Kier molecular flexibility index (Phi) is 8.79. The van der Waals surface area contributed by atoms with Crippen LogP contribution in [-0.2, 0) is 13.1 Å². The summed E-state index contributed by atoms with van der Waals surface area (Å²) in [6.45, 7) is 8.07. The van der Waals surface area contributed by atoms with Crippen molar-refractivity contribution in [3.05, 3.63) is 156 Å². The second kappa shape index (κ2) is 13.4. The molecule has 5 heteroatoms. The van der Waals surface area contributed by atoms with Gasteiger partial charge in [0.1, 0.15) is 5.82 Å². The molecule has 5 aromatic rings. The van der Waals surface area contributed by atoms with E-state index in [1.54, 1.807) is 0 Å². The van der Waals surface area contributed by atoms with Gasteiger partial charge in [0, 0.05) is 50.2 Å². The second-order valence-corrected chi connectivity index (χ2v) is 10.9. The maximum absolute atomic E-state index is 5.13. The van der Waals surface area contributed by atoms with Gasteiger partial charge in [-0.25, -0.2) is 9.99 Å². The Morgan fingerprint density at radius 2 is 1.19 bits per heavy atom. The topological polar surface area (TPSA) is 35.0 Å². The van der Waals surface area contributed by atoms with E-state index in [9.17, 15) is 0 Å². The smallest absolute Gasteiger partial charge is 0.149 e. The standard InChI is InChI=1S/C38H39N5/c1-3-41(4-2)34-22-18-32(19-23-34)36-27-37(43(40-36)38-17-11-12-26-39-38)33-20-24-35(25-21-33)42(28-30-13-7-5-8-14-30)29-31-15-9-6-10-16-31/h5-26,37H,3-4,27-29H2,1-2H3. The zero-order valence-corrected chi connectivity index (χ0v) is 25.1. The highest BCUT2D eigenvalue weighted by Crippen LogP contribution is 2.37. The van der Waals surface area contributed by atoms with Gasteiger partial charge in [-0.2, -0.15) is 5.10 Å². The van der Waals surface area contributed by atoms with E-state index in [2.05, 4.69) is 143 Å². The third-order valence-electron chi connectivity index (χ3n) is 8.20. The van der Waals surface area contributed by atoms with Gasteiger partial charge in [-0.15, -0.1) is 0 Å². The fourth-order valence-electron chi connectivity index (χ4n) is 5.85. The van der Waals surface area contributed by atoms with Crippen LogP contribution in [0.25, 0.3) is 0 Å². The summed E-state index contributed by atoms with van der Waals surface area (Å²) >= 11 is 0. The highest BCUT2D eigenvalue weighted by molar-refractivity contribution is 6.03. The van der Waals surface area contributed by atoms with Crippen LogP contribution in [0.15, 0.2) is 139 Å². The predicted molar refractivity (Wildman–Crippen MR) is 180 cm³/mol. The van der Waals surface area contributed by atoms with Crippen molar-refractivity contribution in [3.8, 4) is 0 Å². The van der Waals surface area contributed by atoms with Gasteiger partial charge in [-0.1, -0.05) is 91.0 Å². The monoisotopic (exact) mass is 565 g/mol. The lowest BCUT2D eigenvalue weighted by Gasteiger charge is -2.27. The third kappa shape index (κ3) is 6.62. The lowest BCUT2D eigenvalue weighted by Crippen LogP contribution is -2.22. The van der Waals surface area contributed by atoms with Gasteiger partial charge in [0.05, 0.1) is 11.8 Å². The summed E-state index contributed by atoms with van der Waals surface area (Å²) in [7, 11) is 0. The Morgan fingerprint density at radius 3 is 1.74 bits per heavy atom. The normalized spacial score (nSPS) is 14.4. The fraction of sp³-hybridized carbons (Fsp3) is 0.211. The minimum atomic E-state index is 0.0677. The summed E-state index contributed by atoms with van der Waals surface area (Å²) in [5.74, 6) is 0.862. The molecule has 43 heavy (non-hydrogen) atoms. The Balaban J connectivity index is 1.27. The average molecular weight is 566 g/mol. The number of rotatable bonds is 11. The van der Waals surface area contributed by atoms with Crippen molar-refractivity contribution in [1.82, 2.24) is 4.98 Å². The number of hydrazone groups is 1. The molecule has 6 rings (SSSR count). The lowest BCUT2D eigenvalue weighted by molar-refractivity contribution is 0.698. The van der Waals surface area contributed by atoms with Gasteiger partial charge in [-0.3, -0.25) is 0 Å². The minimum Gasteiger partial charge on any atom is -0.372 e. The van der Waals surface area contributed by atoms with Crippen molar-refractivity contribution in [2.24, 2.45) is 5.10 Å². The molecule has 4 aromatic carbocycles. The van der Waals surface area contributed by atoms with Crippen LogP contribution in [0.4, 0.5) is 17.2 Å². The summed E-state index contributed by atoms with van der Waals surface area (Å²) in [5.41, 5.74) is 8.51. The first kappa shape index (κ1) is 28.2. The maximum Gasteiger partial charge on any atom is 0.149 e. The van der Waals surface area contributed by atoms with E-state index in [0.29, 0.717) is 0 Å². The van der Waals surface area contributed by atoms with Gasteiger partial charge in [0.25, 0.3) is 0 Å². The van der Waals surface area contributed by atoms with Gasteiger partial charge >= 0.3 is 0 Å².